The van der Waals surface area contributed by atoms with Gasteiger partial charge in [-0.1, -0.05) is 51.1 Å². The van der Waals surface area contributed by atoms with Gasteiger partial charge >= 0.3 is 0 Å². The lowest BCUT2D eigenvalue weighted by Gasteiger charge is -2.43. The molecule has 2 N–H and O–H groups in total. The lowest BCUT2D eigenvalue weighted by atomic mass is 9.90. The van der Waals surface area contributed by atoms with E-state index in [1.807, 2.05) is 0 Å². The van der Waals surface area contributed by atoms with Crippen LogP contribution in [-0.4, -0.2) is 48.6 Å². The van der Waals surface area contributed by atoms with Gasteiger partial charge in [0.2, 0.25) is 0 Å². The standard InChI is InChI=1S/C17H29N3/c1-4-19-10-12-20(13-11-19)17(14(2)3)16(18)15-8-6-5-7-9-15/h5-9,14,16-17H,4,10-13,18H2,1-3H3. The van der Waals surface area contributed by atoms with Crippen molar-refractivity contribution in [3.8, 4) is 0 Å². The van der Waals surface area contributed by atoms with Gasteiger partial charge in [-0.2, -0.15) is 0 Å². The summed E-state index contributed by atoms with van der Waals surface area (Å²) < 4.78 is 0. The van der Waals surface area contributed by atoms with Crippen LogP contribution in [0.2, 0.25) is 0 Å². The van der Waals surface area contributed by atoms with Gasteiger partial charge in [0, 0.05) is 38.3 Å². The molecule has 1 aromatic carbocycles. The maximum absolute atomic E-state index is 6.58. The molecule has 2 atom stereocenters. The van der Waals surface area contributed by atoms with E-state index >= 15 is 0 Å². The molecule has 2 unspecified atom stereocenters. The molecule has 1 aliphatic rings. The van der Waals surface area contributed by atoms with Crippen molar-refractivity contribution in [3.05, 3.63) is 35.9 Å². The maximum Gasteiger partial charge on any atom is 0.0455 e. The molecular formula is C17H29N3. The van der Waals surface area contributed by atoms with Gasteiger partial charge in [0.15, 0.2) is 0 Å². The number of nitrogens with two attached hydrogens (primary N) is 1. The molecule has 1 aromatic rings. The molecule has 0 bridgehead atoms. The van der Waals surface area contributed by atoms with Crippen LogP contribution >= 0.6 is 0 Å². The second kappa shape index (κ2) is 7.21. The molecule has 0 radical (unpaired) electrons. The molecule has 2 rings (SSSR count). The van der Waals surface area contributed by atoms with Crippen LogP contribution in [0.5, 0.6) is 0 Å². The van der Waals surface area contributed by atoms with E-state index < -0.39 is 0 Å². The zero-order chi connectivity index (χ0) is 14.5. The van der Waals surface area contributed by atoms with E-state index in [0.29, 0.717) is 12.0 Å². The molecule has 1 fully saturated rings. The summed E-state index contributed by atoms with van der Waals surface area (Å²) in [4.78, 5) is 5.11. The average molecular weight is 275 g/mol. The summed E-state index contributed by atoms with van der Waals surface area (Å²) in [6, 6.07) is 11.1. The van der Waals surface area contributed by atoms with Crippen molar-refractivity contribution in [1.82, 2.24) is 9.80 Å². The normalized spacial score (nSPS) is 21.1. The van der Waals surface area contributed by atoms with Gasteiger partial charge in [0.25, 0.3) is 0 Å². The fraction of sp³-hybridized carbons (Fsp3) is 0.647. The first-order valence-electron chi connectivity index (χ1n) is 7.90. The molecule has 3 nitrogen and oxygen atoms in total. The van der Waals surface area contributed by atoms with Crippen LogP contribution in [0.3, 0.4) is 0 Å². The van der Waals surface area contributed by atoms with Gasteiger partial charge in [-0.15, -0.1) is 0 Å². The number of hydrogen-bond donors (Lipinski definition) is 1. The maximum atomic E-state index is 6.58. The first-order chi connectivity index (χ1) is 9.63. The summed E-state index contributed by atoms with van der Waals surface area (Å²) in [7, 11) is 0. The average Bonchev–Trinajstić information content (AvgIpc) is 2.48. The van der Waals surface area contributed by atoms with Gasteiger partial charge in [-0.25, -0.2) is 0 Å². The van der Waals surface area contributed by atoms with Crippen molar-refractivity contribution in [2.24, 2.45) is 11.7 Å². The molecule has 1 saturated heterocycles. The minimum Gasteiger partial charge on any atom is -0.323 e. The summed E-state index contributed by atoms with van der Waals surface area (Å²) >= 11 is 0. The van der Waals surface area contributed by atoms with E-state index in [-0.39, 0.29) is 6.04 Å². The first kappa shape index (κ1) is 15.5. The Kier molecular flexibility index (Phi) is 5.58. The van der Waals surface area contributed by atoms with Crippen LogP contribution in [0, 0.1) is 5.92 Å². The lowest BCUT2D eigenvalue weighted by molar-refractivity contribution is 0.0657. The molecule has 1 aliphatic heterocycles. The quantitative estimate of drug-likeness (QED) is 0.895. The minimum atomic E-state index is 0.101. The molecule has 112 valence electrons. The number of benzene rings is 1. The fourth-order valence-electron chi connectivity index (χ4n) is 3.31. The molecule has 0 spiro atoms. The van der Waals surface area contributed by atoms with Gasteiger partial charge < -0.3 is 10.6 Å². The molecule has 1 heterocycles. The van der Waals surface area contributed by atoms with Crippen molar-refractivity contribution < 1.29 is 0 Å². The number of nitrogens with zero attached hydrogens (tertiary/aromatic N) is 2. The van der Waals surface area contributed by atoms with Crippen molar-refractivity contribution in [3.63, 3.8) is 0 Å². The predicted octanol–water partition coefficient (Wildman–Crippen LogP) is 2.35. The largest absolute Gasteiger partial charge is 0.323 e. The Morgan fingerprint density at radius 2 is 1.65 bits per heavy atom. The zero-order valence-corrected chi connectivity index (χ0v) is 13.1. The van der Waals surface area contributed by atoms with E-state index in [4.69, 9.17) is 5.73 Å². The fourth-order valence-corrected chi connectivity index (χ4v) is 3.31. The van der Waals surface area contributed by atoms with Crippen molar-refractivity contribution >= 4 is 0 Å². The van der Waals surface area contributed by atoms with E-state index in [1.54, 1.807) is 0 Å². The minimum absolute atomic E-state index is 0.101. The van der Waals surface area contributed by atoms with Gasteiger partial charge in [-0.3, -0.25) is 4.90 Å². The van der Waals surface area contributed by atoms with Crippen LogP contribution in [0.25, 0.3) is 0 Å². The Bertz CT molecular complexity index is 382. The molecule has 20 heavy (non-hydrogen) atoms. The summed E-state index contributed by atoms with van der Waals surface area (Å²) in [6.07, 6.45) is 0. The second-order valence-corrected chi connectivity index (χ2v) is 6.14. The topological polar surface area (TPSA) is 32.5 Å². The summed E-state index contributed by atoms with van der Waals surface area (Å²) in [5.74, 6) is 0.568. The molecular weight excluding hydrogens is 246 g/mol. The van der Waals surface area contributed by atoms with Crippen LogP contribution < -0.4 is 5.73 Å². The van der Waals surface area contributed by atoms with Crippen molar-refractivity contribution in [2.45, 2.75) is 32.9 Å². The predicted molar refractivity (Wildman–Crippen MR) is 85.7 cm³/mol. The Morgan fingerprint density at radius 1 is 1.05 bits per heavy atom. The Balaban J connectivity index is 2.08. The number of likely N-dealkylation sites (N-methyl/N-ethyl adjacent to an activating group) is 1. The monoisotopic (exact) mass is 275 g/mol. The molecule has 0 amide bonds. The summed E-state index contributed by atoms with van der Waals surface area (Å²) in [5.41, 5.74) is 7.84. The second-order valence-electron chi connectivity index (χ2n) is 6.14. The molecule has 3 heteroatoms. The zero-order valence-electron chi connectivity index (χ0n) is 13.1. The Hall–Kier alpha value is -0.900. The highest BCUT2D eigenvalue weighted by Crippen LogP contribution is 2.25. The third-order valence-corrected chi connectivity index (χ3v) is 4.51. The van der Waals surface area contributed by atoms with E-state index in [0.717, 1.165) is 19.6 Å². The Labute approximate surface area is 123 Å². The smallest absolute Gasteiger partial charge is 0.0455 e. The van der Waals surface area contributed by atoms with Crippen LogP contribution in [0.4, 0.5) is 0 Å². The first-order valence-corrected chi connectivity index (χ1v) is 7.90. The third-order valence-electron chi connectivity index (χ3n) is 4.51. The Morgan fingerprint density at radius 3 is 2.15 bits per heavy atom. The number of rotatable bonds is 5. The molecule has 0 aliphatic carbocycles. The van der Waals surface area contributed by atoms with E-state index in [9.17, 15) is 0 Å². The highest BCUT2D eigenvalue weighted by atomic mass is 15.3. The van der Waals surface area contributed by atoms with Crippen molar-refractivity contribution in [2.75, 3.05) is 32.7 Å². The SMILES string of the molecule is CCN1CCN(C(C(C)C)C(N)c2ccccc2)CC1. The van der Waals surface area contributed by atoms with Gasteiger partial charge in [0.05, 0.1) is 0 Å². The van der Waals surface area contributed by atoms with Gasteiger partial charge in [-0.05, 0) is 18.0 Å². The van der Waals surface area contributed by atoms with E-state index in [1.165, 1.54) is 18.7 Å². The molecule has 0 aromatic heterocycles. The van der Waals surface area contributed by atoms with Gasteiger partial charge in [0.1, 0.15) is 0 Å². The number of piperazine rings is 1. The highest BCUT2D eigenvalue weighted by molar-refractivity contribution is 5.20. The number of hydrogen-bond acceptors (Lipinski definition) is 3. The summed E-state index contributed by atoms with van der Waals surface area (Å²) in [5, 5.41) is 0. The highest BCUT2D eigenvalue weighted by Gasteiger charge is 2.30. The molecule has 0 saturated carbocycles. The lowest BCUT2D eigenvalue weighted by Crippen LogP contribution is -2.54. The van der Waals surface area contributed by atoms with Crippen LogP contribution in [0.1, 0.15) is 32.4 Å². The summed E-state index contributed by atoms with van der Waals surface area (Å²) in [6.45, 7) is 12.6. The van der Waals surface area contributed by atoms with Crippen molar-refractivity contribution in [1.29, 1.82) is 0 Å². The van der Waals surface area contributed by atoms with Crippen LogP contribution in [-0.2, 0) is 0 Å². The van der Waals surface area contributed by atoms with E-state index in [2.05, 4.69) is 60.9 Å². The third kappa shape index (κ3) is 3.60. The van der Waals surface area contributed by atoms with Crippen LogP contribution in [0.15, 0.2) is 30.3 Å².